The van der Waals surface area contributed by atoms with E-state index in [0.29, 0.717) is 6.54 Å². The van der Waals surface area contributed by atoms with Crippen molar-refractivity contribution >= 4 is 23.3 Å². The lowest BCUT2D eigenvalue weighted by atomic mass is 9.74. The Morgan fingerprint density at radius 3 is 2.48 bits per heavy atom. The van der Waals surface area contributed by atoms with Crippen LogP contribution in [-0.4, -0.2) is 34.2 Å². The molecule has 0 aliphatic rings. The van der Waals surface area contributed by atoms with Gasteiger partial charge in [0.05, 0.1) is 16.0 Å². The molecule has 2 amide bonds. The van der Waals surface area contributed by atoms with Gasteiger partial charge in [0.1, 0.15) is 0 Å². The molecule has 1 unspecified atom stereocenters. The largest absolute Gasteiger partial charge is 0.481 e. The molecule has 118 valence electrons. The first-order valence-corrected chi connectivity index (χ1v) is 7.64. The van der Waals surface area contributed by atoms with Crippen molar-refractivity contribution in [3.05, 3.63) is 16.6 Å². The Bertz CT molecular complexity index is 498. The van der Waals surface area contributed by atoms with Crippen LogP contribution in [0.4, 0.5) is 4.79 Å². The standard InChI is InChI=1S/C14H23N3O3S/c1-9(10-15-6-7-21-10)8-16-12(20)17-14(4,5)13(2,3)11(18)19/h6-7,9H,8H2,1-5H3,(H,18,19)(H2,16,17,20). The van der Waals surface area contributed by atoms with E-state index in [4.69, 9.17) is 0 Å². The maximum Gasteiger partial charge on any atom is 0.315 e. The number of carboxylic acids is 1. The average molecular weight is 313 g/mol. The number of rotatable bonds is 6. The monoisotopic (exact) mass is 313 g/mol. The van der Waals surface area contributed by atoms with Crippen molar-refractivity contribution in [3.63, 3.8) is 0 Å². The van der Waals surface area contributed by atoms with Crippen molar-refractivity contribution < 1.29 is 14.7 Å². The smallest absolute Gasteiger partial charge is 0.315 e. The third-order valence-corrected chi connectivity index (χ3v) is 4.97. The summed E-state index contributed by atoms with van der Waals surface area (Å²) in [5.74, 6) is -0.838. The topological polar surface area (TPSA) is 91.3 Å². The maximum absolute atomic E-state index is 12.0. The van der Waals surface area contributed by atoms with Gasteiger partial charge in [0.25, 0.3) is 0 Å². The van der Waals surface area contributed by atoms with Gasteiger partial charge in [-0.2, -0.15) is 0 Å². The number of hydrogen-bond acceptors (Lipinski definition) is 4. The minimum atomic E-state index is -1.08. The van der Waals surface area contributed by atoms with Crippen LogP contribution in [0.1, 0.15) is 45.5 Å². The zero-order valence-corrected chi connectivity index (χ0v) is 13.9. The van der Waals surface area contributed by atoms with Gasteiger partial charge in [0.15, 0.2) is 0 Å². The first-order chi connectivity index (χ1) is 9.58. The lowest BCUT2D eigenvalue weighted by Gasteiger charge is -2.38. The molecule has 1 rings (SSSR count). The van der Waals surface area contributed by atoms with E-state index in [0.717, 1.165) is 5.01 Å². The fourth-order valence-electron chi connectivity index (χ4n) is 1.56. The molecule has 0 fully saturated rings. The Kier molecular flexibility index (Phi) is 5.33. The van der Waals surface area contributed by atoms with Gasteiger partial charge in [-0.15, -0.1) is 11.3 Å². The Labute approximate surface area is 129 Å². The molecule has 6 nitrogen and oxygen atoms in total. The second-order valence-corrected chi connectivity index (χ2v) is 7.09. The second-order valence-electron chi connectivity index (χ2n) is 6.16. The van der Waals surface area contributed by atoms with E-state index in [1.54, 1.807) is 45.2 Å². The van der Waals surface area contributed by atoms with Crippen LogP contribution in [0.5, 0.6) is 0 Å². The summed E-state index contributed by atoms with van der Waals surface area (Å²) in [5, 5.41) is 17.6. The number of nitrogens with one attached hydrogen (secondary N) is 2. The number of aromatic nitrogens is 1. The van der Waals surface area contributed by atoms with Gasteiger partial charge in [-0.05, 0) is 27.7 Å². The van der Waals surface area contributed by atoms with E-state index >= 15 is 0 Å². The maximum atomic E-state index is 12.0. The molecule has 0 aromatic carbocycles. The number of amides is 2. The molecule has 21 heavy (non-hydrogen) atoms. The molecule has 0 aliphatic carbocycles. The molecule has 0 saturated heterocycles. The fourth-order valence-corrected chi connectivity index (χ4v) is 2.26. The molecule has 1 aromatic heterocycles. The first kappa shape index (κ1) is 17.4. The molecule has 0 aliphatic heterocycles. The Morgan fingerprint density at radius 2 is 2.00 bits per heavy atom. The highest BCUT2D eigenvalue weighted by Gasteiger charge is 2.44. The predicted octanol–water partition coefficient (Wildman–Crippen LogP) is 2.44. The summed E-state index contributed by atoms with van der Waals surface area (Å²) in [6, 6.07) is -0.377. The number of aliphatic carboxylic acids is 1. The zero-order valence-electron chi connectivity index (χ0n) is 13.1. The SMILES string of the molecule is CC(CNC(=O)NC(C)(C)C(C)(C)C(=O)O)c1nccs1. The van der Waals surface area contributed by atoms with Gasteiger partial charge >= 0.3 is 12.0 Å². The molecule has 7 heteroatoms. The van der Waals surface area contributed by atoms with Gasteiger partial charge in [-0.1, -0.05) is 6.92 Å². The normalized spacial score (nSPS) is 13.6. The van der Waals surface area contributed by atoms with Gasteiger partial charge in [-0.3, -0.25) is 4.79 Å². The molecule has 1 aromatic rings. The van der Waals surface area contributed by atoms with Gasteiger partial charge < -0.3 is 15.7 Å². The van der Waals surface area contributed by atoms with Crippen molar-refractivity contribution in [1.29, 1.82) is 0 Å². The number of carbonyl (C=O) groups is 2. The van der Waals surface area contributed by atoms with Crippen LogP contribution in [0.15, 0.2) is 11.6 Å². The molecular weight excluding hydrogens is 290 g/mol. The van der Waals surface area contributed by atoms with E-state index in [2.05, 4.69) is 15.6 Å². The summed E-state index contributed by atoms with van der Waals surface area (Å²) in [4.78, 5) is 27.5. The van der Waals surface area contributed by atoms with Crippen LogP contribution in [0.2, 0.25) is 0 Å². The summed E-state index contributed by atoms with van der Waals surface area (Å²) in [6.07, 6.45) is 1.73. The Hall–Kier alpha value is -1.63. The number of urea groups is 1. The summed E-state index contributed by atoms with van der Waals surface area (Å²) >= 11 is 1.54. The summed E-state index contributed by atoms with van der Waals surface area (Å²) < 4.78 is 0. The molecule has 3 N–H and O–H groups in total. The van der Waals surface area contributed by atoms with E-state index in [1.165, 1.54) is 0 Å². The minimum absolute atomic E-state index is 0.117. The van der Waals surface area contributed by atoms with Crippen LogP contribution in [-0.2, 0) is 4.79 Å². The highest BCUT2D eigenvalue weighted by Crippen LogP contribution is 2.30. The van der Waals surface area contributed by atoms with Crippen LogP contribution < -0.4 is 10.6 Å². The quantitative estimate of drug-likeness (QED) is 0.752. The summed E-state index contributed by atoms with van der Waals surface area (Å²) in [7, 11) is 0. The van der Waals surface area contributed by atoms with E-state index in [1.807, 2.05) is 12.3 Å². The lowest BCUT2D eigenvalue weighted by molar-refractivity contribution is -0.150. The van der Waals surface area contributed by atoms with Gasteiger partial charge in [-0.25, -0.2) is 9.78 Å². The molecule has 0 saturated carbocycles. The molecule has 0 spiro atoms. The van der Waals surface area contributed by atoms with Crippen molar-refractivity contribution in [3.8, 4) is 0 Å². The zero-order chi connectivity index (χ0) is 16.3. The van der Waals surface area contributed by atoms with Crippen molar-refractivity contribution in [2.75, 3.05) is 6.54 Å². The number of carboxylic acid groups (broad SMARTS) is 1. The molecule has 0 radical (unpaired) electrons. The van der Waals surface area contributed by atoms with Crippen LogP contribution >= 0.6 is 11.3 Å². The summed E-state index contributed by atoms with van der Waals surface area (Å²) in [6.45, 7) is 9.01. The summed E-state index contributed by atoms with van der Waals surface area (Å²) in [5.41, 5.74) is -1.96. The van der Waals surface area contributed by atoms with Crippen LogP contribution in [0.25, 0.3) is 0 Å². The Morgan fingerprint density at radius 1 is 1.38 bits per heavy atom. The van der Waals surface area contributed by atoms with Crippen molar-refractivity contribution in [2.24, 2.45) is 5.41 Å². The molecule has 1 atom stereocenters. The van der Waals surface area contributed by atoms with Crippen LogP contribution in [0.3, 0.4) is 0 Å². The molecule has 0 bridgehead atoms. The van der Waals surface area contributed by atoms with Gasteiger partial charge in [0, 0.05) is 24.0 Å². The minimum Gasteiger partial charge on any atom is -0.481 e. The molecule has 1 heterocycles. The third-order valence-electron chi connectivity index (χ3n) is 3.96. The number of nitrogens with zero attached hydrogens (tertiary/aromatic N) is 1. The lowest BCUT2D eigenvalue weighted by Crippen LogP contribution is -2.59. The van der Waals surface area contributed by atoms with E-state index in [9.17, 15) is 14.7 Å². The van der Waals surface area contributed by atoms with Gasteiger partial charge in [0.2, 0.25) is 0 Å². The predicted molar refractivity (Wildman–Crippen MR) is 82.6 cm³/mol. The number of hydrogen-bond donors (Lipinski definition) is 3. The third kappa shape index (κ3) is 4.17. The first-order valence-electron chi connectivity index (χ1n) is 6.76. The van der Waals surface area contributed by atoms with E-state index in [-0.39, 0.29) is 11.9 Å². The van der Waals surface area contributed by atoms with Crippen molar-refractivity contribution in [2.45, 2.75) is 46.1 Å². The van der Waals surface area contributed by atoms with E-state index < -0.39 is 16.9 Å². The van der Waals surface area contributed by atoms with Crippen LogP contribution in [0, 0.1) is 5.41 Å². The Balaban J connectivity index is 2.55. The number of carbonyl (C=O) groups excluding carboxylic acids is 1. The second kappa shape index (κ2) is 6.43. The number of thiazole rings is 1. The fraction of sp³-hybridized carbons (Fsp3) is 0.643. The van der Waals surface area contributed by atoms with Crippen molar-refractivity contribution in [1.82, 2.24) is 15.6 Å². The highest BCUT2D eigenvalue weighted by molar-refractivity contribution is 7.09. The molecular formula is C14H23N3O3S. The average Bonchev–Trinajstić information content (AvgIpc) is 2.88. The highest BCUT2D eigenvalue weighted by atomic mass is 32.1.